The number of carboxylic acids is 2. The van der Waals surface area contributed by atoms with Crippen molar-refractivity contribution in [3.63, 3.8) is 0 Å². The molecule has 1 aliphatic heterocycles. The quantitative estimate of drug-likeness (QED) is 0.647. The maximum Gasteiger partial charge on any atom is 0.326 e. The van der Waals surface area contributed by atoms with Crippen LogP contribution in [-0.2, 0) is 14.4 Å². The van der Waals surface area contributed by atoms with E-state index < -0.39 is 18.0 Å². The van der Waals surface area contributed by atoms with Gasteiger partial charge in [0.05, 0.1) is 0 Å². The first-order chi connectivity index (χ1) is 7.95. The lowest BCUT2D eigenvalue weighted by Crippen LogP contribution is -2.42. The average molecular weight is 239 g/mol. The molecule has 1 rings (SSSR count). The molecule has 0 aliphatic carbocycles. The Bertz CT molecular complexity index is 384. The Labute approximate surface area is 98.2 Å². The fourth-order valence-electron chi connectivity index (χ4n) is 1.82. The summed E-state index contributed by atoms with van der Waals surface area (Å²) >= 11 is 0. The minimum atomic E-state index is -1.20. The van der Waals surface area contributed by atoms with Crippen LogP contribution in [0.5, 0.6) is 0 Å². The zero-order valence-corrected chi connectivity index (χ0v) is 9.13. The number of nitrogens with zero attached hydrogens (tertiary/aromatic N) is 1. The highest BCUT2D eigenvalue weighted by atomic mass is 16.4. The van der Waals surface area contributed by atoms with Crippen LogP contribution in [0.15, 0.2) is 0 Å². The number of likely N-dealkylation sites (tertiary alicyclic amines) is 1. The Kier molecular flexibility index (Phi) is 4.10. The number of hydrogen-bond donors (Lipinski definition) is 2. The molecule has 1 saturated heterocycles. The molecule has 0 radical (unpaired) electrons. The monoisotopic (exact) mass is 239 g/mol. The molecule has 2 unspecified atom stereocenters. The van der Waals surface area contributed by atoms with Gasteiger partial charge in [-0.1, -0.05) is 0 Å². The van der Waals surface area contributed by atoms with Gasteiger partial charge in [-0.3, -0.25) is 9.59 Å². The van der Waals surface area contributed by atoms with Crippen LogP contribution in [-0.4, -0.2) is 45.5 Å². The first kappa shape index (κ1) is 13.0. The first-order valence-electron chi connectivity index (χ1n) is 5.16. The molecule has 6 heteroatoms. The predicted octanol–water partition coefficient (Wildman–Crippen LogP) is -0.214. The second-order valence-corrected chi connectivity index (χ2v) is 3.90. The fraction of sp³-hybridized carbons (Fsp3) is 0.545. The highest BCUT2D eigenvalue weighted by Crippen LogP contribution is 2.21. The molecule has 92 valence electrons. The van der Waals surface area contributed by atoms with E-state index in [2.05, 4.69) is 5.92 Å². The summed E-state index contributed by atoms with van der Waals surface area (Å²) in [6.07, 6.45) is 4.92. The molecule has 0 spiro atoms. The number of hydrogen-bond acceptors (Lipinski definition) is 3. The van der Waals surface area contributed by atoms with E-state index in [0.29, 0.717) is 0 Å². The minimum absolute atomic E-state index is 0.103. The van der Waals surface area contributed by atoms with Gasteiger partial charge in [0.25, 0.3) is 0 Å². The van der Waals surface area contributed by atoms with Gasteiger partial charge in [-0.25, -0.2) is 4.79 Å². The maximum atomic E-state index is 11.6. The van der Waals surface area contributed by atoms with Gasteiger partial charge >= 0.3 is 11.9 Å². The normalized spacial score (nSPS) is 21.0. The zero-order chi connectivity index (χ0) is 13.0. The third-order valence-corrected chi connectivity index (χ3v) is 2.69. The topological polar surface area (TPSA) is 94.9 Å². The number of carbonyl (C=O) groups is 3. The van der Waals surface area contributed by atoms with Crippen molar-refractivity contribution >= 4 is 17.8 Å². The van der Waals surface area contributed by atoms with Crippen molar-refractivity contribution in [3.05, 3.63) is 0 Å². The van der Waals surface area contributed by atoms with Gasteiger partial charge in [-0.05, 0) is 6.42 Å². The van der Waals surface area contributed by atoms with E-state index in [-0.39, 0.29) is 37.6 Å². The molecule has 1 amide bonds. The van der Waals surface area contributed by atoms with Crippen LogP contribution in [0.1, 0.15) is 19.3 Å². The lowest BCUT2D eigenvalue weighted by molar-refractivity contribution is -0.149. The second-order valence-electron chi connectivity index (χ2n) is 3.90. The summed E-state index contributed by atoms with van der Waals surface area (Å²) in [5.41, 5.74) is 0. The van der Waals surface area contributed by atoms with Gasteiger partial charge in [-0.2, -0.15) is 0 Å². The molecule has 0 bridgehead atoms. The van der Waals surface area contributed by atoms with Crippen molar-refractivity contribution in [2.24, 2.45) is 5.92 Å². The van der Waals surface area contributed by atoms with E-state index >= 15 is 0 Å². The number of rotatable bonds is 5. The van der Waals surface area contributed by atoms with Gasteiger partial charge in [-0.15, -0.1) is 12.3 Å². The Hall–Kier alpha value is -2.03. The zero-order valence-electron chi connectivity index (χ0n) is 9.13. The maximum absolute atomic E-state index is 11.6. The van der Waals surface area contributed by atoms with Gasteiger partial charge < -0.3 is 15.1 Å². The highest BCUT2D eigenvalue weighted by molar-refractivity contribution is 5.86. The molecule has 17 heavy (non-hydrogen) atoms. The minimum Gasteiger partial charge on any atom is -0.481 e. The lowest BCUT2D eigenvalue weighted by atomic mass is 10.1. The molecule has 0 aromatic rings. The van der Waals surface area contributed by atoms with Crippen molar-refractivity contribution in [2.75, 3.05) is 6.54 Å². The van der Waals surface area contributed by atoms with Crippen molar-refractivity contribution < 1.29 is 24.6 Å². The molecule has 2 atom stereocenters. The summed E-state index contributed by atoms with van der Waals surface area (Å²) in [4.78, 5) is 34.1. The average Bonchev–Trinajstić information content (AvgIpc) is 2.59. The van der Waals surface area contributed by atoms with E-state index in [4.69, 9.17) is 16.6 Å². The number of carboxylic acid groups (broad SMARTS) is 2. The van der Waals surface area contributed by atoms with E-state index in [1.54, 1.807) is 0 Å². The van der Waals surface area contributed by atoms with Gasteiger partial charge in [0, 0.05) is 25.3 Å². The van der Waals surface area contributed by atoms with E-state index in [9.17, 15) is 14.4 Å². The van der Waals surface area contributed by atoms with Gasteiger partial charge in [0.15, 0.2) is 0 Å². The molecule has 6 nitrogen and oxygen atoms in total. The number of amides is 1. The van der Waals surface area contributed by atoms with Crippen molar-refractivity contribution in [2.45, 2.75) is 25.3 Å². The van der Waals surface area contributed by atoms with Crippen LogP contribution in [0.4, 0.5) is 0 Å². The third kappa shape index (κ3) is 3.21. The predicted molar refractivity (Wildman–Crippen MR) is 56.9 cm³/mol. The second kappa shape index (κ2) is 5.34. The smallest absolute Gasteiger partial charge is 0.326 e. The van der Waals surface area contributed by atoms with E-state index in [1.807, 2.05) is 0 Å². The molecule has 0 saturated carbocycles. The van der Waals surface area contributed by atoms with Gasteiger partial charge in [0.1, 0.15) is 6.04 Å². The summed E-state index contributed by atoms with van der Waals surface area (Å²) in [7, 11) is 0. The summed E-state index contributed by atoms with van der Waals surface area (Å²) in [5, 5.41) is 17.5. The molecule has 0 aromatic heterocycles. The Morgan fingerprint density at radius 2 is 2.18 bits per heavy atom. The fourth-order valence-corrected chi connectivity index (χ4v) is 1.82. The van der Waals surface area contributed by atoms with E-state index in [0.717, 1.165) is 4.90 Å². The van der Waals surface area contributed by atoms with Crippen molar-refractivity contribution in [1.29, 1.82) is 0 Å². The Morgan fingerprint density at radius 1 is 1.53 bits per heavy atom. The summed E-state index contributed by atoms with van der Waals surface area (Å²) in [5.74, 6) is -0.484. The van der Waals surface area contributed by atoms with Crippen molar-refractivity contribution in [1.82, 2.24) is 4.90 Å². The van der Waals surface area contributed by atoms with Crippen LogP contribution in [0.25, 0.3) is 0 Å². The van der Waals surface area contributed by atoms with Crippen LogP contribution in [0.3, 0.4) is 0 Å². The van der Waals surface area contributed by atoms with Crippen LogP contribution in [0, 0.1) is 18.3 Å². The Morgan fingerprint density at radius 3 is 2.59 bits per heavy atom. The van der Waals surface area contributed by atoms with E-state index in [1.165, 1.54) is 0 Å². The van der Waals surface area contributed by atoms with Crippen LogP contribution in [0.2, 0.25) is 0 Å². The highest BCUT2D eigenvalue weighted by Gasteiger charge is 2.36. The summed E-state index contributed by atoms with van der Waals surface area (Å²) in [6.45, 7) is 0.186. The number of carbonyl (C=O) groups excluding carboxylic acids is 1. The Balaban J connectivity index is 2.71. The number of terminal acetylenes is 1. The standard InChI is InChI=1S/C11H13NO5/c1-2-7-5-9(13)12(6-7)8(11(16)17)3-4-10(14)15/h1,7-8H,3-6H2,(H,14,15)(H,16,17). The van der Waals surface area contributed by atoms with Crippen LogP contribution >= 0.6 is 0 Å². The third-order valence-electron chi connectivity index (χ3n) is 2.69. The molecule has 0 aromatic carbocycles. The number of aliphatic carboxylic acids is 2. The largest absolute Gasteiger partial charge is 0.481 e. The van der Waals surface area contributed by atoms with Crippen molar-refractivity contribution in [3.8, 4) is 12.3 Å². The molecule has 1 fully saturated rings. The first-order valence-corrected chi connectivity index (χ1v) is 5.16. The molecule has 1 aliphatic rings. The SMILES string of the molecule is C#CC1CC(=O)N(C(CCC(=O)O)C(=O)O)C1. The van der Waals surface area contributed by atoms with Crippen LogP contribution < -0.4 is 0 Å². The molecular weight excluding hydrogens is 226 g/mol. The lowest BCUT2D eigenvalue weighted by Gasteiger charge is -2.23. The molecule has 2 N–H and O–H groups in total. The molecular formula is C11H13NO5. The molecule has 1 heterocycles. The summed E-state index contributed by atoms with van der Waals surface area (Å²) in [6, 6.07) is -1.10. The van der Waals surface area contributed by atoms with Gasteiger partial charge in [0.2, 0.25) is 5.91 Å². The summed E-state index contributed by atoms with van der Waals surface area (Å²) < 4.78 is 0.